The van der Waals surface area contributed by atoms with E-state index in [2.05, 4.69) is 43.0 Å². The van der Waals surface area contributed by atoms with Gasteiger partial charge in [0.25, 0.3) is 0 Å². The summed E-state index contributed by atoms with van der Waals surface area (Å²) >= 11 is 5.00. The molecular weight excluding hydrogens is 412 g/mol. The van der Waals surface area contributed by atoms with Crippen LogP contribution in [0.25, 0.3) is 11.4 Å². The van der Waals surface area contributed by atoms with Crippen molar-refractivity contribution in [1.82, 2.24) is 14.8 Å². The molecule has 8 heteroatoms. The van der Waals surface area contributed by atoms with Gasteiger partial charge in [-0.1, -0.05) is 39.8 Å². The molecule has 0 saturated heterocycles. The Hall–Kier alpha value is -1.93. The van der Waals surface area contributed by atoms with Gasteiger partial charge >= 0.3 is 6.61 Å². The molecule has 25 heavy (non-hydrogen) atoms. The van der Waals surface area contributed by atoms with Gasteiger partial charge in [0.05, 0.1) is 0 Å². The van der Waals surface area contributed by atoms with Crippen molar-refractivity contribution in [2.75, 3.05) is 0 Å². The second-order valence-electron chi connectivity index (χ2n) is 5.18. The Balaban J connectivity index is 1.71. The Bertz CT molecular complexity index is 838. The van der Waals surface area contributed by atoms with Crippen LogP contribution in [0.4, 0.5) is 8.78 Å². The van der Waals surface area contributed by atoms with Crippen LogP contribution in [0, 0.1) is 0 Å². The molecule has 1 heterocycles. The molecule has 0 amide bonds. The average Bonchev–Trinajstić information content (AvgIpc) is 2.95. The van der Waals surface area contributed by atoms with E-state index in [1.54, 1.807) is 23.9 Å². The van der Waals surface area contributed by atoms with Crippen molar-refractivity contribution in [2.24, 2.45) is 7.05 Å². The van der Waals surface area contributed by atoms with E-state index in [-0.39, 0.29) is 5.75 Å². The molecular formula is C17H14BrF2N3OS. The maximum absolute atomic E-state index is 12.2. The predicted molar refractivity (Wildman–Crippen MR) is 96.8 cm³/mol. The summed E-state index contributed by atoms with van der Waals surface area (Å²) in [5.74, 6) is 1.56. The van der Waals surface area contributed by atoms with Crippen molar-refractivity contribution in [3.05, 3.63) is 58.6 Å². The first-order chi connectivity index (χ1) is 12.0. The summed E-state index contributed by atoms with van der Waals surface area (Å²) in [7, 11) is 1.88. The number of halogens is 3. The first kappa shape index (κ1) is 17.9. The zero-order valence-corrected chi connectivity index (χ0v) is 15.6. The Morgan fingerprint density at radius 2 is 1.76 bits per heavy atom. The molecule has 0 spiro atoms. The van der Waals surface area contributed by atoms with E-state index < -0.39 is 6.61 Å². The number of benzene rings is 2. The molecule has 0 saturated carbocycles. The molecule has 0 radical (unpaired) electrons. The summed E-state index contributed by atoms with van der Waals surface area (Å²) < 4.78 is 31.7. The highest BCUT2D eigenvalue weighted by molar-refractivity contribution is 9.10. The summed E-state index contributed by atoms with van der Waals surface area (Å²) in [6, 6.07) is 14.5. The maximum Gasteiger partial charge on any atom is 0.387 e. The molecule has 3 rings (SSSR count). The third-order valence-electron chi connectivity index (χ3n) is 3.45. The minimum atomic E-state index is -2.83. The van der Waals surface area contributed by atoms with Crippen LogP contribution in [0.1, 0.15) is 5.56 Å². The van der Waals surface area contributed by atoms with E-state index in [1.165, 1.54) is 17.7 Å². The van der Waals surface area contributed by atoms with Gasteiger partial charge in [-0.15, -0.1) is 10.2 Å². The van der Waals surface area contributed by atoms with Gasteiger partial charge in [0, 0.05) is 22.8 Å². The Kier molecular flexibility index (Phi) is 5.70. The average molecular weight is 426 g/mol. The van der Waals surface area contributed by atoms with E-state index in [1.807, 2.05) is 23.7 Å². The number of hydrogen-bond donors (Lipinski definition) is 0. The fourth-order valence-corrected chi connectivity index (χ4v) is 3.34. The lowest BCUT2D eigenvalue weighted by molar-refractivity contribution is -0.0498. The minimum Gasteiger partial charge on any atom is -0.435 e. The van der Waals surface area contributed by atoms with E-state index in [4.69, 9.17) is 0 Å². The van der Waals surface area contributed by atoms with Gasteiger partial charge in [0.1, 0.15) is 5.75 Å². The van der Waals surface area contributed by atoms with Gasteiger partial charge < -0.3 is 9.30 Å². The lowest BCUT2D eigenvalue weighted by Crippen LogP contribution is -2.01. The smallest absolute Gasteiger partial charge is 0.387 e. The molecule has 3 aromatic rings. The van der Waals surface area contributed by atoms with Gasteiger partial charge in [0.15, 0.2) is 11.0 Å². The fraction of sp³-hybridized carbons (Fsp3) is 0.176. The molecule has 1 aromatic heterocycles. The molecule has 2 aromatic carbocycles. The number of nitrogens with zero attached hydrogens (tertiary/aromatic N) is 3. The molecule has 0 fully saturated rings. The van der Waals surface area contributed by atoms with E-state index >= 15 is 0 Å². The summed E-state index contributed by atoms with van der Waals surface area (Å²) in [6.07, 6.45) is 0. The molecule has 0 unspecified atom stereocenters. The second kappa shape index (κ2) is 7.97. The van der Waals surface area contributed by atoms with Gasteiger partial charge in [-0.05, 0) is 42.0 Å². The van der Waals surface area contributed by atoms with Crippen LogP contribution in [-0.4, -0.2) is 21.4 Å². The predicted octanol–water partition coefficient (Wildman–Crippen LogP) is 5.14. The van der Waals surface area contributed by atoms with Crippen LogP contribution >= 0.6 is 27.7 Å². The summed E-state index contributed by atoms with van der Waals surface area (Å²) in [4.78, 5) is 0. The van der Waals surface area contributed by atoms with Crippen molar-refractivity contribution in [2.45, 2.75) is 17.5 Å². The molecule has 0 aliphatic heterocycles. The first-order valence-corrected chi connectivity index (χ1v) is 9.12. The lowest BCUT2D eigenvalue weighted by Gasteiger charge is -2.06. The summed E-state index contributed by atoms with van der Waals surface area (Å²) in [5.41, 5.74) is 1.97. The maximum atomic E-state index is 12.2. The molecule has 0 aliphatic rings. The number of ether oxygens (including phenoxy) is 1. The molecule has 0 bridgehead atoms. The van der Waals surface area contributed by atoms with Crippen LogP contribution in [0.3, 0.4) is 0 Å². The molecule has 0 atom stereocenters. The normalized spacial score (nSPS) is 11.1. The third kappa shape index (κ3) is 4.58. The number of thioether (sulfide) groups is 1. The fourth-order valence-electron chi connectivity index (χ4n) is 2.21. The largest absolute Gasteiger partial charge is 0.435 e. The van der Waals surface area contributed by atoms with E-state index in [9.17, 15) is 8.78 Å². The quantitative estimate of drug-likeness (QED) is 0.512. The number of hydrogen-bond acceptors (Lipinski definition) is 4. The van der Waals surface area contributed by atoms with Gasteiger partial charge in [-0.25, -0.2) is 0 Å². The minimum absolute atomic E-state index is 0.116. The van der Waals surface area contributed by atoms with Gasteiger partial charge in [-0.3, -0.25) is 0 Å². The Morgan fingerprint density at radius 1 is 1.08 bits per heavy atom. The van der Waals surface area contributed by atoms with Crippen LogP contribution < -0.4 is 4.74 Å². The Labute approximate surface area is 156 Å². The van der Waals surface area contributed by atoms with Crippen LogP contribution in [0.2, 0.25) is 0 Å². The van der Waals surface area contributed by atoms with Crippen LogP contribution in [0.15, 0.2) is 58.2 Å². The van der Waals surface area contributed by atoms with E-state index in [0.29, 0.717) is 5.82 Å². The number of alkyl halides is 2. The van der Waals surface area contributed by atoms with Gasteiger partial charge in [-0.2, -0.15) is 8.78 Å². The van der Waals surface area contributed by atoms with E-state index in [0.717, 1.165) is 20.9 Å². The zero-order valence-electron chi connectivity index (χ0n) is 13.2. The standard InChI is InChI=1S/C17H14BrF2N3OS/c1-23-15(12-4-8-14(9-5-12)24-16(19)20)21-22-17(23)25-10-11-2-6-13(18)7-3-11/h2-9,16H,10H2,1H3. The highest BCUT2D eigenvalue weighted by Crippen LogP contribution is 2.27. The van der Waals surface area contributed by atoms with Crippen molar-refractivity contribution < 1.29 is 13.5 Å². The first-order valence-electron chi connectivity index (χ1n) is 7.35. The highest BCUT2D eigenvalue weighted by Gasteiger charge is 2.12. The van der Waals surface area contributed by atoms with Crippen molar-refractivity contribution in [3.8, 4) is 17.1 Å². The highest BCUT2D eigenvalue weighted by atomic mass is 79.9. The molecule has 0 aliphatic carbocycles. The van der Waals surface area contributed by atoms with Crippen molar-refractivity contribution in [1.29, 1.82) is 0 Å². The van der Waals surface area contributed by atoms with Crippen LogP contribution in [0.5, 0.6) is 5.75 Å². The monoisotopic (exact) mass is 425 g/mol. The zero-order chi connectivity index (χ0) is 17.8. The molecule has 4 nitrogen and oxygen atoms in total. The van der Waals surface area contributed by atoms with Crippen LogP contribution in [-0.2, 0) is 12.8 Å². The van der Waals surface area contributed by atoms with Crippen molar-refractivity contribution in [3.63, 3.8) is 0 Å². The summed E-state index contributed by atoms with van der Waals surface area (Å²) in [5, 5.41) is 9.19. The second-order valence-corrected chi connectivity index (χ2v) is 7.04. The van der Waals surface area contributed by atoms with Crippen molar-refractivity contribution >= 4 is 27.7 Å². The van der Waals surface area contributed by atoms with Gasteiger partial charge in [0.2, 0.25) is 0 Å². The molecule has 0 N–H and O–H groups in total. The SMILES string of the molecule is Cn1c(SCc2ccc(Br)cc2)nnc1-c1ccc(OC(F)F)cc1. The Morgan fingerprint density at radius 3 is 2.40 bits per heavy atom. The number of aromatic nitrogens is 3. The topological polar surface area (TPSA) is 39.9 Å². The molecule has 130 valence electrons. The summed E-state index contributed by atoms with van der Waals surface area (Å²) in [6.45, 7) is -2.83. The lowest BCUT2D eigenvalue weighted by atomic mass is 10.2. The number of rotatable bonds is 6. The third-order valence-corrected chi connectivity index (χ3v) is 5.07.